The topological polar surface area (TPSA) is 0 Å². The van der Waals surface area contributed by atoms with Gasteiger partial charge in [0.25, 0.3) is 0 Å². The van der Waals surface area contributed by atoms with E-state index in [4.69, 9.17) is 0 Å². The van der Waals surface area contributed by atoms with Crippen molar-refractivity contribution in [2.45, 2.75) is 44.4 Å². The molecular weight excluding hydrogens is 146 g/mol. The third-order valence-corrected chi connectivity index (χ3v) is 3.38. The first kappa shape index (κ1) is 7.26. The lowest BCUT2D eigenvalue weighted by Gasteiger charge is -2.21. The summed E-state index contributed by atoms with van der Waals surface area (Å²) in [6.45, 7) is 3.44. The largest absolute Gasteiger partial charge is 0.239 e. The van der Waals surface area contributed by atoms with E-state index in [0.29, 0.717) is 24.0 Å². The zero-order chi connectivity index (χ0) is 8.28. The Bertz CT molecular complexity index is 220. The van der Waals surface area contributed by atoms with E-state index in [1.165, 1.54) is 0 Å². The molecule has 2 heteroatoms. The van der Waals surface area contributed by atoms with Gasteiger partial charge in [0.2, 0.25) is 0 Å². The molecule has 1 fully saturated rings. The van der Waals surface area contributed by atoms with Crippen molar-refractivity contribution < 1.29 is 8.78 Å². The predicted octanol–water partition coefficient (Wildman–Crippen LogP) is 2.94. The van der Waals surface area contributed by atoms with Gasteiger partial charge in [-0.3, -0.25) is 0 Å². The molecule has 0 heterocycles. The van der Waals surface area contributed by atoms with Gasteiger partial charge in [0.15, 0.2) is 0 Å². The maximum atomic E-state index is 13.7. The molecule has 1 saturated carbocycles. The summed E-state index contributed by atoms with van der Waals surface area (Å²) < 4.78 is 27.3. The molecule has 62 valence electrons. The zero-order valence-electron chi connectivity index (χ0n) is 6.88. The Hall–Kier alpha value is -0.400. The van der Waals surface area contributed by atoms with Crippen LogP contribution in [0.15, 0.2) is 11.1 Å². The average Bonchev–Trinajstić information content (AvgIpc) is 2.32. The minimum Gasteiger partial charge on any atom is -0.239 e. The molecule has 0 aromatic heterocycles. The molecule has 2 rings (SSSR count). The van der Waals surface area contributed by atoms with Crippen LogP contribution in [0.25, 0.3) is 0 Å². The van der Waals surface area contributed by atoms with Crippen molar-refractivity contribution in [3.63, 3.8) is 0 Å². The lowest BCUT2D eigenvalue weighted by molar-refractivity contribution is 0.194. The fraction of sp³-hybridized carbons (Fsp3) is 0.778. The molecule has 11 heavy (non-hydrogen) atoms. The molecule has 2 bridgehead atoms. The first-order valence-corrected chi connectivity index (χ1v) is 4.04. The Kier molecular flexibility index (Phi) is 1.10. The Morgan fingerprint density at radius 1 is 1.00 bits per heavy atom. The van der Waals surface area contributed by atoms with Crippen molar-refractivity contribution in [1.29, 1.82) is 0 Å². The molecule has 0 amide bonds. The smallest absolute Gasteiger partial charge is 0.135 e. The summed E-state index contributed by atoms with van der Waals surface area (Å²) in [5.74, 6) is 0. The normalized spacial score (nSPS) is 49.1. The summed E-state index contributed by atoms with van der Waals surface area (Å²) in [6.07, 6.45) is 0.844. The van der Waals surface area contributed by atoms with E-state index in [9.17, 15) is 8.78 Å². The van der Waals surface area contributed by atoms with E-state index >= 15 is 0 Å². The second-order valence-corrected chi connectivity index (χ2v) is 3.86. The quantitative estimate of drug-likeness (QED) is 0.475. The summed E-state index contributed by atoms with van der Waals surface area (Å²) in [5, 5.41) is 0. The highest BCUT2D eigenvalue weighted by Crippen LogP contribution is 2.57. The number of fused-ring (bicyclic) bond motifs is 2. The van der Waals surface area contributed by atoms with Crippen LogP contribution in [-0.2, 0) is 0 Å². The molecule has 0 nitrogen and oxygen atoms in total. The molecule has 0 aliphatic heterocycles. The van der Waals surface area contributed by atoms with E-state index in [-0.39, 0.29) is 6.42 Å². The van der Waals surface area contributed by atoms with Gasteiger partial charge >= 0.3 is 0 Å². The van der Waals surface area contributed by atoms with E-state index in [1.807, 2.05) is 0 Å². The SMILES string of the molecule is CC1=C(C)C2(F)CCC1(F)C2. The Balaban J connectivity index is 2.52. The van der Waals surface area contributed by atoms with Crippen LogP contribution < -0.4 is 0 Å². The zero-order valence-corrected chi connectivity index (χ0v) is 6.88. The average molecular weight is 158 g/mol. The highest BCUT2D eigenvalue weighted by Gasteiger charge is 2.58. The highest BCUT2D eigenvalue weighted by molar-refractivity contribution is 5.40. The first-order valence-electron chi connectivity index (χ1n) is 4.04. The second-order valence-electron chi connectivity index (χ2n) is 3.86. The number of hydrogen-bond donors (Lipinski definition) is 0. The van der Waals surface area contributed by atoms with Crippen LogP contribution in [0.2, 0.25) is 0 Å². The maximum absolute atomic E-state index is 13.7. The summed E-state index contributed by atoms with van der Waals surface area (Å²) in [5.41, 5.74) is -1.30. The summed E-state index contributed by atoms with van der Waals surface area (Å²) in [7, 11) is 0. The summed E-state index contributed by atoms with van der Waals surface area (Å²) in [4.78, 5) is 0. The molecule has 0 spiro atoms. The molecule has 2 aliphatic carbocycles. The van der Waals surface area contributed by atoms with Crippen LogP contribution in [0.4, 0.5) is 8.78 Å². The number of hydrogen-bond acceptors (Lipinski definition) is 0. The van der Waals surface area contributed by atoms with Gasteiger partial charge in [0, 0.05) is 6.42 Å². The van der Waals surface area contributed by atoms with Crippen molar-refractivity contribution in [2.24, 2.45) is 0 Å². The van der Waals surface area contributed by atoms with Gasteiger partial charge in [0.05, 0.1) is 0 Å². The van der Waals surface area contributed by atoms with Crippen LogP contribution >= 0.6 is 0 Å². The fourth-order valence-electron chi connectivity index (χ4n) is 2.33. The Morgan fingerprint density at radius 3 is 1.55 bits per heavy atom. The molecule has 0 aromatic carbocycles. The molecule has 2 unspecified atom stereocenters. The molecule has 2 atom stereocenters. The molecule has 2 aliphatic rings. The van der Waals surface area contributed by atoms with Crippen molar-refractivity contribution in [3.05, 3.63) is 11.1 Å². The Labute approximate surface area is 65.3 Å². The van der Waals surface area contributed by atoms with Crippen LogP contribution in [-0.4, -0.2) is 11.3 Å². The molecule has 0 radical (unpaired) electrons. The van der Waals surface area contributed by atoms with E-state index < -0.39 is 11.3 Å². The lowest BCUT2D eigenvalue weighted by Crippen LogP contribution is -2.18. The predicted molar refractivity (Wildman–Crippen MR) is 39.9 cm³/mol. The van der Waals surface area contributed by atoms with Crippen LogP contribution in [0.1, 0.15) is 33.1 Å². The highest BCUT2D eigenvalue weighted by atomic mass is 19.2. The van der Waals surface area contributed by atoms with Gasteiger partial charge in [-0.05, 0) is 37.8 Å². The summed E-state index contributed by atoms with van der Waals surface area (Å²) in [6, 6.07) is 0. The minimum absolute atomic E-state index is 0.0810. The van der Waals surface area contributed by atoms with Crippen LogP contribution in [0.3, 0.4) is 0 Å². The minimum atomic E-state index is -1.29. The third-order valence-electron chi connectivity index (χ3n) is 3.38. The van der Waals surface area contributed by atoms with Gasteiger partial charge in [-0.2, -0.15) is 0 Å². The van der Waals surface area contributed by atoms with Gasteiger partial charge in [-0.25, -0.2) is 8.78 Å². The van der Waals surface area contributed by atoms with Gasteiger partial charge in [-0.1, -0.05) is 0 Å². The first-order chi connectivity index (χ1) is 4.98. The molecular formula is C9H12F2. The number of rotatable bonds is 0. The van der Waals surface area contributed by atoms with Crippen molar-refractivity contribution in [1.82, 2.24) is 0 Å². The van der Waals surface area contributed by atoms with E-state index in [0.717, 1.165) is 0 Å². The molecule has 0 saturated heterocycles. The lowest BCUT2D eigenvalue weighted by atomic mass is 9.91. The molecule has 0 aromatic rings. The number of allylic oxidation sites excluding steroid dienone is 2. The second kappa shape index (κ2) is 1.67. The monoisotopic (exact) mass is 158 g/mol. The van der Waals surface area contributed by atoms with Gasteiger partial charge in [-0.15, -0.1) is 0 Å². The van der Waals surface area contributed by atoms with Gasteiger partial charge in [0.1, 0.15) is 11.3 Å². The summed E-state index contributed by atoms with van der Waals surface area (Å²) >= 11 is 0. The maximum Gasteiger partial charge on any atom is 0.135 e. The van der Waals surface area contributed by atoms with Crippen molar-refractivity contribution in [3.8, 4) is 0 Å². The van der Waals surface area contributed by atoms with Gasteiger partial charge < -0.3 is 0 Å². The third kappa shape index (κ3) is 0.678. The Morgan fingerprint density at radius 2 is 1.36 bits per heavy atom. The standard InChI is InChI=1S/C9H12F2/c1-6-7(2)9(11)4-3-8(6,10)5-9/h3-5H2,1-2H3. The number of alkyl halides is 2. The van der Waals surface area contributed by atoms with Crippen LogP contribution in [0, 0.1) is 0 Å². The molecule has 0 N–H and O–H groups in total. The van der Waals surface area contributed by atoms with E-state index in [2.05, 4.69) is 0 Å². The van der Waals surface area contributed by atoms with Crippen molar-refractivity contribution >= 4 is 0 Å². The van der Waals surface area contributed by atoms with E-state index in [1.54, 1.807) is 13.8 Å². The number of halogens is 2. The fourth-order valence-corrected chi connectivity index (χ4v) is 2.33. The van der Waals surface area contributed by atoms with Crippen molar-refractivity contribution in [2.75, 3.05) is 0 Å². The van der Waals surface area contributed by atoms with Crippen LogP contribution in [0.5, 0.6) is 0 Å².